The van der Waals surface area contributed by atoms with E-state index in [1.165, 1.54) is 23.4 Å². The molecule has 1 N–H and O–H groups in total. The van der Waals surface area contributed by atoms with Crippen LogP contribution in [0, 0.1) is 5.82 Å². The van der Waals surface area contributed by atoms with Crippen molar-refractivity contribution >= 4 is 17.7 Å². The van der Waals surface area contributed by atoms with Gasteiger partial charge in [0.2, 0.25) is 5.91 Å². The maximum Gasteiger partial charge on any atom is 0.230 e. The van der Waals surface area contributed by atoms with E-state index in [2.05, 4.69) is 27.6 Å². The van der Waals surface area contributed by atoms with Crippen LogP contribution in [0.2, 0.25) is 0 Å². The van der Waals surface area contributed by atoms with Crippen molar-refractivity contribution in [1.82, 2.24) is 20.1 Å². The summed E-state index contributed by atoms with van der Waals surface area (Å²) in [7, 11) is 0. The molecule has 0 unspecified atom stereocenters. The lowest BCUT2D eigenvalue weighted by Crippen LogP contribution is -2.33. The van der Waals surface area contributed by atoms with Crippen molar-refractivity contribution in [2.45, 2.75) is 30.0 Å². The van der Waals surface area contributed by atoms with Gasteiger partial charge in [0, 0.05) is 12.0 Å². The van der Waals surface area contributed by atoms with Crippen molar-refractivity contribution in [2.75, 3.05) is 12.3 Å². The first-order valence-electron chi connectivity index (χ1n) is 11.3. The number of nitrogens with one attached hydrogen (secondary N) is 1. The fourth-order valence-corrected chi connectivity index (χ4v) is 4.87. The lowest BCUT2D eigenvalue weighted by atomic mass is 9.96. The van der Waals surface area contributed by atoms with E-state index in [1.807, 2.05) is 53.1 Å². The fourth-order valence-electron chi connectivity index (χ4n) is 4.10. The first-order chi connectivity index (χ1) is 16.6. The standard InChI is InChI=1S/C27H25FN4OS/c28-23-14-8-7-13-22(23)25-30-31-26(32(25)17-20-9-3-1-4-10-20)34-18-24(33)29-19-27(15-16-27)21-11-5-2-6-12-21/h1-14H,15-19H2,(H,29,33). The van der Waals surface area contributed by atoms with Gasteiger partial charge in [-0.25, -0.2) is 4.39 Å². The molecule has 1 amide bonds. The summed E-state index contributed by atoms with van der Waals surface area (Å²) >= 11 is 1.32. The minimum absolute atomic E-state index is 0.0473. The number of nitrogens with zero attached hydrogens (tertiary/aromatic N) is 3. The Morgan fingerprint density at radius 3 is 2.32 bits per heavy atom. The predicted molar refractivity (Wildman–Crippen MR) is 132 cm³/mol. The Kier molecular flexibility index (Phi) is 6.45. The van der Waals surface area contributed by atoms with Crippen LogP contribution >= 0.6 is 11.8 Å². The fraction of sp³-hybridized carbons (Fsp3) is 0.222. The maximum atomic E-state index is 14.5. The quantitative estimate of drug-likeness (QED) is 0.346. The molecule has 7 heteroatoms. The van der Waals surface area contributed by atoms with Gasteiger partial charge in [-0.15, -0.1) is 10.2 Å². The number of halogens is 1. The molecule has 4 aromatic rings. The zero-order chi connectivity index (χ0) is 23.4. The van der Waals surface area contributed by atoms with Crippen molar-refractivity contribution in [3.05, 3.63) is 102 Å². The number of hydrogen-bond acceptors (Lipinski definition) is 4. The molecule has 0 radical (unpaired) electrons. The number of carbonyl (C=O) groups excluding carboxylic acids is 1. The van der Waals surface area contributed by atoms with Gasteiger partial charge in [-0.2, -0.15) is 0 Å². The second-order valence-corrected chi connectivity index (χ2v) is 9.51. The number of hydrogen-bond donors (Lipinski definition) is 1. The van der Waals surface area contributed by atoms with Gasteiger partial charge in [0.1, 0.15) is 5.82 Å². The van der Waals surface area contributed by atoms with Gasteiger partial charge < -0.3 is 5.32 Å². The average molecular weight is 473 g/mol. The Labute approximate surface area is 202 Å². The Balaban J connectivity index is 1.29. The van der Waals surface area contributed by atoms with Gasteiger partial charge >= 0.3 is 0 Å². The second-order valence-electron chi connectivity index (χ2n) is 8.57. The molecule has 0 spiro atoms. The number of thioether (sulfide) groups is 1. The summed E-state index contributed by atoms with van der Waals surface area (Å²) in [6, 6.07) is 26.8. The van der Waals surface area contributed by atoms with Gasteiger partial charge in [-0.1, -0.05) is 84.6 Å². The van der Waals surface area contributed by atoms with Crippen LogP contribution in [-0.4, -0.2) is 33.0 Å². The topological polar surface area (TPSA) is 59.8 Å². The molecule has 5 nitrogen and oxygen atoms in total. The smallest absolute Gasteiger partial charge is 0.230 e. The lowest BCUT2D eigenvalue weighted by Gasteiger charge is -2.16. The molecule has 0 bridgehead atoms. The van der Waals surface area contributed by atoms with Crippen LogP contribution in [0.4, 0.5) is 4.39 Å². The average Bonchev–Trinajstić information content (AvgIpc) is 3.58. The zero-order valence-corrected chi connectivity index (χ0v) is 19.5. The summed E-state index contributed by atoms with van der Waals surface area (Å²) in [5.41, 5.74) is 2.78. The molecule has 1 aliphatic carbocycles. The SMILES string of the molecule is O=C(CSc1nnc(-c2ccccc2F)n1Cc1ccccc1)NCC1(c2ccccc2)CC1. The third-order valence-electron chi connectivity index (χ3n) is 6.21. The molecular formula is C27H25FN4OS. The molecule has 0 saturated heterocycles. The molecule has 0 atom stereocenters. The highest BCUT2D eigenvalue weighted by molar-refractivity contribution is 7.99. The summed E-state index contributed by atoms with van der Waals surface area (Å²) in [6.07, 6.45) is 2.17. The zero-order valence-electron chi connectivity index (χ0n) is 18.7. The highest BCUT2D eigenvalue weighted by atomic mass is 32.2. The van der Waals surface area contributed by atoms with E-state index in [4.69, 9.17) is 0 Å². The Morgan fingerprint density at radius 1 is 0.941 bits per heavy atom. The van der Waals surface area contributed by atoms with E-state index in [-0.39, 0.29) is 22.9 Å². The van der Waals surface area contributed by atoms with Crippen LogP contribution in [0.15, 0.2) is 90.1 Å². The van der Waals surface area contributed by atoms with Crippen molar-refractivity contribution in [3.8, 4) is 11.4 Å². The predicted octanol–water partition coefficient (Wildman–Crippen LogP) is 5.07. The molecule has 0 aliphatic heterocycles. The van der Waals surface area contributed by atoms with Gasteiger partial charge in [-0.05, 0) is 36.1 Å². The maximum absolute atomic E-state index is 14.5. The van der Waals surface area contributed by atoms with Crippen LogP contribution in [0.25, 0.3) is 11.4 Å². The van der Waals surface area contributed by atoms with Gasteiger partial charge in [0.25, 0.3) is 0 Å². The largest absolute Gasteiger partial charge is 0.354 e. The number of amides is 1. The molecule has 3 aromatic carbocycles. The molecule has 1 fully saturated rings. The van der Waals surface area contributed by atoms with Crippen LogP contribution in [0.1, 0.15) is 24.0 Å². The van der Waals surface area contributed by atoms with Crippen molar-refractivity contribution in [3.63, 3.8) is 0 Å². The molecule has 1 aliphatic rings. The first kappa shape index (κ1) is 22.3. The highest BCUT2D eigenvalue weighted by Gasteiger charge is 2.44. The Bertz CT molecular complexity index is 1270. The Hall–Kier alpha value is -3.45. The summed E-state index contributed by atoms with van der Waals surface area (Å²) in [5.74, 6) is 0.267. The highest BCUT2D eigenvalue weighted by Crippen LogP contribution is 2.47. The molecule has 1 heterocycles. The minimum atomic E-state index is -0.353. The number of rotatable bonds is 9. The Morgan fingerprint density at radius 2 is 1.62 bits per heavy atom. The van der Waals surface area contributed by atoms with Gasteiger partial charge in [0.05, 0.1) is 17.9 Å². The lowest BCUT2D eigenvalue weighted by molar-refractivity contribution is -0.118. The van der Waals surface area contributed by atoms with Crippen LogP contribution < -0.4 is 5.32 Å². The van der Waals surface area contributed by atoms with E-state index in [0.717, 1.165) is 18.4 Å². The normalized spacial score (nSPS) is 14.0. The van der Waals surface area contributed by atoms with E-state index in [1.54, 1.807) is 18.2 Å². The summed E-state index contributed by atoms with van der Waals surface area (Å²) < 4.78 is 16.4. The van der Waals surface area contributed by atoms with Crippen LogP contribution in [0.5, 0.6) is 0 Å². The molecule has 34 heavy (non-hydrogen) atoms. The third kappa shape index (κ3) is 4.89. The van der Waals surface area contributed by atoms with Gasteiger partial charge in [0.15, 0.2) is 11.0 Å². The molecule has 172 valence electrons. The van der Waals surface area contributed by atoms with Crippen molar-refractivity contribution < 1.29 is 9.18 Å². The van der Waals surface area contributed by atoms with Gasteiger partial charge in [-0.3, -0.25) is 9.36 Å². The molecule has 5 rings (SSSR count). The van der Waals surface area contributed by atoms with E-state index in [0.29, 0.717) is 29.6 Å². The summed E-state index contributed by atoms with van der Waals surface area (Å²) in [4.78, 5) is 12.7. The number of carbonyl (C=O) groups is 1. The van der Waals surface area contributed by atoms with E-state index < -0.39 is 0 Å². The molecule has 1 saturated carbocycles. The van der Waals surface area contributed by atoms with Crippen molar-refractivity contribution in [1.29, 1.82) is 0 Å². The monoisotopic (exact) mass is 472 g/mol. The van der Waals surface area contributed by atoms with Crippen LogP contribution in [-0.2, 0) is 16.8 Å². The van der Waals surface area contributed by atoms with E-state index >= 15 is 0 Å². The number of benzene rings is 3. The molecule has 1 aromatic heterocycles. The third-order valence-corrected chi connectivity index (χ3v) is 7.18. The number of aromatic nitrogens is 3. The van der Waals surface area contributed by atoms with E-state index in [9.17, 15) is 9.18 Å². The first-order valence-corrected chi connectivity index (χ1v) is 12.3. The second kappa shape index (κ2) is 9.81. The van der Waals surface area contributed by atoms with Crippen LogP contribution in [0.3, 0.4) is 0 Å². The van der Waals surface area contributed by atoms with Crippen molar-refractivity contribution in [2.24, 2.45) is 0 Å². The summed E-state index contributed by atoms with van der Waals surface area (Å²) in [5, 5.41) is 12.3. The molecular weight excluding hydrogens is 447 g/mol. The summed E-state index contributed by atoms with van der Waals surface area (Å²) in [6.45, 7) is 1.12. The minimum Gasteiger partial charge on any atom is -0.354 e.